The summed E-state index contributed by atoms with van der Waals surface area (Å²) in [5.74, 6) is 0.715. The molecule has 1 aromatic rings. The Kier molecular flexibility index (Phi) is 7.41. The van der Waals surface area contributed by atoms with Gasteiger partial charge in [-0.1, -0.05) is 18.2 Å². The molecule has 0 bridgehead atoms. The molecule has 0 fully saturated rings. The van der Waals surface area contributed by atoms with Crippen LogP contribution in [0.4, 0.5) is 0 Å². The maximum absolute atomic E-state index is 9.17. The van der Waals surface area contributed by atoms with Gasteiger partial charge in [0.05, 0.1) is 13.2 Å². The van der Waals surface area contributed by atoms with Crippen LogP contribution in [0.25, 0.3) is 0 Å². The number of benzene rings is 1. The first kappa shape index (κ1) is 15.0. The summed E-state index contributed by atoms with van der Waals surface area (Å²) >= 11 is 0. The normalized spacial score (nSPS) is 10.9. The molecule has 0 atom stereocenters. The maximum Gasteiger partial charge on any atom is 0.160 e. The van der Waals surface area contributed by atoms with E-state index in [1.54, 1.807) is 0 Å². The van der Waals surface area contributed by atoms with Gasteiger partial charge in [0.25, 0.3) is 0 Å². The third-order valence-corrected chi connectivity index (χ3v) is 2.46. The zero-order valence-corrected chi connectivity index (χ0v) is 11.1. The number of para-hydroxylation sites is 1. The van der Waals surface area contributed by atoms with Gasteiger partial charge in [0.1, 0.15) is 5.75 Å². The van der Waals surface area contributed by atoms with Crippen molar-refractivity contribution < 1.29 is 19.3 Å². The van der Waals surface area contributed by atoms with Crippen LogP contribution in [0.3, 0.4) is 0 Å². The van der Waals surface area contributed by atoms with E-state index in [0.717, 1.165) is 5.56 Å². The fourth-order valence-corrected chi connectivity index (χ4v) is 1.63. The van der Waals surface area contributed by atoms with Crippen LogP contribution in [0.2, 0.25) is 0 Å². The number of hydrogen-bond donors (Lipinski definition) is 1. The zero-order valence-electron chi connectivity index (χ0n) is 11.1. The van der Waals surface area contributed by atoms with Gasteiger partial charge >= 0.3 is 0 Å². The second-order valence-corrected chi connectivity index (χ2v) is 3.74. The van der Waals surface area contributed by atoms with Crippen LogP contribution in [-0.2, 0) is 16.1 Å². The SMILES string of the molecule is CCOC(CCOc1ccccc1CO)OCC. The molecule has 1 aromatic carbocycles. The second-order valence-electron chi connectivity index (χ2n) is 3.74. The standard InChI is InChI=1S/C14H22O4/c1-3-16-14(17-4-2)9-10-18-13-8-6-5-7-12(13)11-15/h5-8,14-15H,3-4,9-11H2,1-2H3. The Hall–Kier alpha value is -1.10. The lowest BCUT2D eigenvalue weighted by atomic mass is 10.2. The van der Waals surface area contributed by atoms with Gasteiger partial charge < -0.3 is 19.3 Å². The third kappa shape index (κ3) is 5.04. The lowest BCUT2D eigenvalue weighted by Crippen LogP contribution is -2.20. The van der Waals surface area contributed by atoms with Crippen LogP contribution in [0.5, 0.6) is 5.75 Å². The third-order valence-electron chi connectivity index (χ3n) is 2.46. The lowest BCUT2D eigenvalue weighted by Gasteiger charge is -2.17. The minimum absolute atomic E-state index is 0.0173. The van der Waals surface area contributed by atoms with Crippen LogP contribution >= 0.6 is 0 Å². The Morgan fingerprint density at radius 3 is 2.39 bits per heavy atom. The molecule has 0 saturated carbocycles. The van der Waals surface area contributed by atoms with Gasteiger partial charge in [-0.15, -0.1) is 0 Å². The molecular formula is C14H22O4. The van der Waals surface area contributed by atoms with Crippen molar-refractivity contribution in [3.63, 3.8) is 0 Å². The average Bonchev–Trinajstić information content (AvgIpc) is 2.40. The van der Waals surface area contributed by atoms with E-state index in [1.807, 2.05) is 38.1 Å². The van der Waals surface area contributed by atoms with Crippen molar-refractivity contribution in [1.29, 1.82) is 0 Å². The summed E-state index contributed by atoms with van der Waals surface area (Å²) in [5.41, 5.74) is 0.793. The van der Waals surface area contributed by atoms with Gasteiger partial charge in [0.2, 0.25) is 0 Å². The minimum Gasteiger partial charge on any atom is -0.493 e. The molecule has 102 valence electrons. The van der Waals surface area contributed by atoms with Crippen molar-refractivity contribution >= 4 is 0 Å². The van der Waals surface area contributed by atoms with Crippen LogP contribution in [0.1, 0.15) is 25.8 Å². The molecule has 0 saturated heterocycles. The fourth-order valence-electron chi connectivity index (χ4n) is 1.63. The van der Waals surface area contributed by atoms with Crippen molar-refractivity contribution in [3.8, 4) is 5.75 Å². The fraction of sp³-hybridized carbons (Fsp3) is 0.571. The molecule has 0 aromatic heterocycles. The number of aliphatic hydroxyl groups excluding tert-OH is 1. The highest BCUT2D eigenvalue weighted by atomic mass is 16.7. The molecule has 0 amide bonds. The predicted molar refractivity (Wildman–Crippen MR) is 69.5 cm³/mol. The zero-order chi connectivity index (χ0) is 13.2. The van der Waals surface area contributed by atoms with Crippen LogP contribution in [-0.4, -0.2) is 31.2 Å². The van der Waals surface area contributed by atoms with Gasteiger partial charge in [-0.3, -0.25) is 0 Å². The van der Waals surface area contributed by atoms with E-state index in [0.29, 0.717) is 32.0 Å². The van der Waals surface area contributed by atoms with Gasteiger partial charge in [0, 0.05) is 25.2 Å². The maximum atomic E-state index is 9.17. The molecule has 0 heterocycles. The van der Waals surface area contributed by atoms with Crippen LogP contribution in [0.15, 0.2) is 24.3 Å². The number of ether oxygens (including phenoxy) is 3. The van der Waals surface area contributed by atoms with Crippen LogP contribution < -0.4 is 4.74 Å². The summed E-state index contributed by atoms with van der Waals surface area (Å²) in [7, 11) is 0. The molecule has 0 aliphatic carbocycles. The molecule has 18 heavy (non-hydrogen) atoms. The van der Waals surface area contributed by atoms with Crippen molar-refractivity contribution in [2.24, 2.45) is 0 Å². The van der Waals surface area contributed by atoms with Crippen molar-refractivity contribution in [3.05, 3.63) is 29.8 Å². The monoisotopic (exact) mass is 254 g/mol. The van der Waals surface area contributed by atoms with Gasteiger partial charge in [0.15, 0.2) is 6.29 Å². The highest BCUT2D eigenvalue weighted by Crippen LogP contribution is 2.18. The van der Waals surface area contributed by atoms with E-state index in [4.69, 9.17) is 19.3 Å². The lowest BCUT2D eigenvalue weighted by molar-refractivity contribution is -0.142. The first-order valence-corrected chi connectivity index (χ1v) is 6.36. The first-order valence-electron chi connectivity index (χ1n) is 6.36. The molecule has 1 rings (SSSR count). The van der Waals surface area contributed by atoms with Crippen molar-refractivity contribution in [2.75, 3.05) is 19.8 Å². The van der Waals surface area contributed by atoms with Gasteiger partial charge in [-0.05, 0) is 19.9 Å². The Labute approximate surface area is 108 Å². The quantitative estimate of drug-likeness (QED) is 0.687. The summed E-state index contributed by atoms with van der Waals surface area (Å²) in [5, 5.41) is 9.17. The van der Waals surface area contributed by atoms with E-state index < -0.39 is 0 Å². The Balaban J connectivity index is 2.39. The number of rotatable bonds is 9. The number of aliphatic hydroxyl groups is 1. The van der Waals surface area contributed by atoms with E-state index in [-0.39, 0.29) is 12.9 Å². The summed E-state index contributed by atoms with van der Waals surface area (Å²) in [6.45, 7) is 5.61. The predicted octanol–water partition coefficient (Wildman–Crippen LogP) is 2.35. The average molecular weight is 254 g/mol. The van der Waals surface area contributed by atoms with Crippen molar-refractivity contribution in [1.82, 2.24) is 0 Å². The molecule has 0 radical (unpaired) electrons. The molecule has 1 N–H and O–H groups in total. The highest BCUT2D eigenvalue weighted by molar-refractivity contribution is 5.32. The summed E-state index contributed by atoms with van der Waals surface area (Å²) in [4.78, 5) is 0. The summed E-state index contributed by atoms with van der Waals surface area (Å²) in [6, 6.07) is 7.46. The van der Waals surface area contributed by atoms with Gasteiger partial charge in [-0.2, -0.15) is 0 Å². The minimum atomic E-state index is -0.221. The topological polar surface area (TPSA) is 47.9 Å². The molecular weight excluding hydrogens is 232 g/mol. The molecule has 4 heteroatoms. The molecule has 4 nitrogen and oxygen atoms in total. The largest absolute Gasteiger partial charge is 0.493 e. The Morgan fingerprint density at radius 2 is 1.78 bits per heavy atom. The summed E-state index contributed by atoms with van der Waals surface area (Å²) in [6.07, 6.45) is 0.447. The van der Waals surface area contributed by atoms with E-state index >= 15 is 0 Å². The van der Waals surface area contributed by atoms with Gasteiger partial charge in [-0.25, -0.2) is 0 Å². The highest BCUT2D eigenvalue weighted by Gasteiger charge is 2.08. The number of hydrogen-bond acceptors (Lipinski definition) is 4. The van der Waals surface area contributed by atoms with E-state index in [9.17, 15) is 0 Å². The van der Waals surface area contributed by atoms with E-state index in [2.05, 4.69) is 0 Å². The van der Waals surface area contributed by atoms with Crippen molar-refractivity contribution in [2.45, 2.75) is 33.2 Å². The second kappa shape index (κ2) is 8.91. The molecule has 0 spiro atoms. The molecule has 0 aliphatic heterocycles. The smallest absolute Gasteiger partial charge is 0.160 e. The Morgan fingerprint density at radius 1 is 1.11 bits per heavy atom. The molecule has 0 aliphatic rings. The van der Waals surface area contributed by atoms with E-state index in [1.165, 1.54) is 0 Å². The Bertz CT molecular complexity index is 321. The molecule has 0 unspecified atom stereocenters. The summed E-state index contributed by atoms with van der Waals surface area (Å²) < 4.78 is 16.5. The first-order chi connectivity index (χ1) is 8.81. The van der Waals surface area contributed by atoms with Crippen LogP contribution in [0, 0.1) is 0 Å².